The molecule has 1 rings (SSSR count). The monoisotopic (exact) mass is 391 g/mol. The minimum Gasteiger partial charge on any atom is -0.463 e. The molecule has 0 aromatic heterocycles. The first kappa shape index (κ1) is 23.3. The van der Waals surface area contributed by atoms with E-state index in [0.29, 0.717) is 19.8 Å². The molecular weight excluding hydrogens is 362 g/mol. The summed E-state index contributed by atoms with van der Waals surface area (Å²) in [5.41, 5.74) is 5.35. The Balaban J connectivity index is 2.89. The van der Waals surface area contributed by atoms with Crippen molar-refractivity contribution in [2.75, 3.05) is 33.0 Å². The van der Waals surface area contributed by atoms with Gasteiger partial charge in [0.2, 0.25) is 0 Å². The molecule has 2 N–H and O–H groups in total. The van der Waals surface area contributed by atoms with Gasteiger partial charge >= 0.3 is 17.9 Å². The van der Waals surface area contributed by atoms with E-state index in [0.717, 1.165) is 0 Å². The zero-order valence-corrected chi connectivity index (χ0v) is 16.2. The van der Waals surface area contributed by atoms with Gasteiger partial charge in [-0.25, -0.2) is 0 Å². The predicted molar refractivity (Wildman–Crippen MR) is 91.4 cm³/mol. The molecule has 156 valence electrons. The van der Waals surface area contributed by atoms with Crippen molar-refractivity contribution < 1.29 is 42.8 Å². The first-order valence-electron chi connectivity index (χ1n) is 8.79. The minimum atomic E-state index is -0.936. The molecule has 0 aromatic carbocycles. The van der Waals surface area contributed by atoms with Gasteiger partial charge in [-0.2, -0.15) is 0 Å². The van der Waals surface area contributed by atoms with Gasteiger partial charge in [0.1, 0.15) is 18.8 Å². The Labute approximate surface area is 158 Å². The van der Waals surface area contributed by atoms with Crippen LogP contribution in [0.15, 0.2) is 0 Å². The molecule has 10 heteroatoms. The van der Waals surface area contributed by atoms with Gasteiger partial charge in [-0.15, -0.1) is 0 Å². The Bertz CT molecular complexity index is 499. The first-order chi connectivity index (χ1) is 12.8. The summed E-state index contributed by atoms with van der Waals surface area (Å²) in [5, 5.41) is 0. The van der Waals surface area contributed by atoms with Crippen LogP contribution in [-0.4, -0.2) is 75.5 Å². The summed E-state index contributed by atoms with van der Waals surface area (Å²) in [5.74, 6) is -2.07. The second-order valence-corrected chi connectivity index (χ2v) is 6.12. The van der Waals surface area contributed by atoms with E-state index in [9.17, 15) is 14.4 Å². The van der Waals surface area contributed by atoms with Crippen molar-refractivity contribution in [2.45, 2.75) is 52.3 Å². The molecule has 0 aliphatic carbocycles. The van der Waals surface area contributed by atoms with Gasteiger partial charge in [0.25, 0.3) is 0 Å². The van der Waals surface area contributed by atoms with Gasteiger partial charge in [-0.05, 0) is 0 Å². The van der Waals surface area contributed by atoms with E-state index in [1.165, 1.54) is 20.8 Å². The normalized spacial score (nSPS) is 27.7. The van der Waals surface area contributed by atoms with E-state index < -0.39 is 48.4 Å². The van der Waals surface area contributed by atoms with Crippen LogP contribution in [0.5, 0.6) is 0 Å². The summed E-state index contributed by atoms with van der Waals surface area (Å²) in [6, 6.07) is 0. The minimum absolute atomic E-state index is 0.179. The summed E-state index contributed by atoms with van der Waals surface area (Å²) >= 11 is 0. The maximum Gasteiger partial charge on any atom is 0.303 e. The highest BCUT2D eigenvalue weighted by atomic mass is 16.7. The number of hydrogen-bond donors (Lipinski definition) is 1. The highest BCUT2D eigenvalue weighted by Gasteiger charge is 2.48. The van der Waals surface area contributed by atoms with Gasteiger partial charge in [-0.3, -0.25) is 14.4 Å². The lowest BCUT2D eigenvalue weighted by molar-refractivity contribution is -0.290. The first-order valence-corrected chi connectivity index (χ1v) is 8.79. The highest BCUT2D eigenvalue weighted by Crippen LogP contribution is 2.31. The van der Waals surface area contributed by atoms with Gasteiger partial charge in [0.05, 0.1) is 19.8 Å². The maximum absolute atomic E-state index is 11.5. The van der Waals surface area contributed by atoms with E-state index in [1.807, 2.05) is 0 Å². The molecule has 1 aliphatic rings. The summed E-state index contributed by atoms with van der Waals surface area (Å²) in [6.45, 7) is 6.64. The molecule has 1 aliphatic heterocycles. The van der Waals surface area contributed by atoms with Crippen LogP contribution >= 0.6 is 0 Å². The lowest BCUT2D eigenvalue weighted by Crippen LogP contribution is -2.58. The molecule has 0 saturated carbocycles. The van der Waals surface area contributed by atoms with E-state index in [2.05, 4.69) is 0 Å². The van der Waals surface area contributed by atoms with E-state index >= 15 is 0 Å². The number of ether oxygens (including phenoxy) is 6. The second kappa shape index (κ2) is 11.9. The number of nitrogens with two attached hydrogens (primary N) is 1. The molecule has 10 nitrogen and oxygen atoms in total. The van der Waals surface area contributed by atoms with Crippen molar-refractivity contribution in [3.8, 4) is 0 Å². The maximum atomic E-state index is 11.5. The Morgan fingerprint density at radius 3 is 2.11 bits per heavy atom. The number of carbonyl (C=O) groups is 3. The van der Waals surface area contributed by atoms with Crippen LogP contribution in [0.3, 0.4) is 0 Å². The second-order valence-electron chi connectivity index (χ2n) is 6.12. The number of esters is 3. The van der Waals surface area contributed by atoms with Crippen LogP contribution in [0.4, 0.5) is 0 Å². The lowest BCUT2D eigenvalue weighted by atomic mass is 9.92. The molecule has 0 radical (unpaired) electrons. The average Bonchev–Trinajstić information content (AvgIpc) is 2.57. The van der Waals surface area contributed by atoms with Crippen LogP contribution in [-0.2, 0) is 42.8 Å². The fraction of sp³-hybridized carbons (Fsp3) is 0.824. The van der Waals surface area contributed by atoms with Gasteiger partial charge in [-0.1, -0.05) is 6.92 Å². The van der Waals surface area contributed by atoms with Crippen LogP contribution in [0, 0.1) is 5.92 Å². The Morgan fingerprint density at radius 1 is 0.926 bits per heavy atom. The van der Waals surface area contributed by atoms with Crippen molar-refractivity contribution >= 4 is 17.9 Å². The Hall–Kier alpha value is -1.75. The molecule has 0 spiro atoms. The molecule has 1 fully saturated rings. The van der Waals surface area contributed by atoms with E-state index in [4.69, 9.17) is 34.2 Å². The smallest absolute Gasteiger partial charge is 0.303 e. The molecule has 5 atom stereocenters. The van der Waals surface area contributed by atoms with Crippen LogP contribution in [0.25, 0.3) is 0 Å². The van der Waals surface area contributed by atoms with Crippen LogP contribution in [0.2, 0.25) is 0 Å². The topological polar surface area (TPSA) is 133 Å². The van der Waals surface area contributed by atoms with E-state index in [-0.39, 0.29) is 13.2 Å². The average molecular weight is 391 g/mol. The quantitative estimate of drug-likeness (QED) is 0.302. The molecule has 27 heavy (non-hydrogen) atoms. The Morgan fingerprint density at radius 2 is 1.56 bits per heavy atom. The van der Waals surface area contributed by atoms with Gasteiger partial charge < -0.3 is 34.2 Å². The van der Waals surface area contributed by atoms with E-state index in [1.54, 1.807) is 6.92 Å². The number of carbonyl (C=O) groups excluding carboxylic acids is 3. The van der Waals surface area contributed by atoms with Gasteiger partial charge in [0, 0.05) is 33.2 Å². The van der Waals surface area contributed by atoms with Gasteiger partial charge in [0.15, 0.2) is 12.4 Å². The molecule has 0 aromatic rings. The summed E-state index contributed by atoms with van der Waals surface area (Å²) in [6.07, 6.45) is -3.39. The fourth-order valence-corrected chi connectivity index (χ4v) is 2.67. The lowest BCUT2D eigenvalue weighted by Gasteiger charge is -2.43. The molecular formula is C17H29NO9. The standard InChI is InChI=1S/C17H29NO9/c1-10-15(25-12(3)20)16(26-13(4)21)14(9-24-11(2)19)27-17(10)23-8-7-22-6-5-18/h10,14-17H,5-9,18H2,1-4H3. The molecule has 0 bridgehead atoms. The zero-order chi connectivity index (χ0) is 20.4. The number of rotatable bonds is 10. The van der Waals surface area contributed by atoms with Crippen molar-refractivity contribution in [1.29, 1.82) is 0 Å². The van der Waals surface area contributed by atoms with Crippen LogP contribution < -0.4 is 5.73 Å². The molecule has 1 saturated heterocycles. The van der Waals surface area contributed by atoms with Crippen LogP contribution in [0.1, 0.15) is 27.7 Å². The third-order valence-electron chi connectivity index (χ3n) is 3.77. The van der Waals surface area contributed by atoms with Crippen molar-refractivity contribution in [1.82, 2.24) is 0 Å². The fourth-order valence-electron chi connectivity index (χ4n) is 2.67. The zero-order valence-electron chi connectivity index (χ0n) is 16.2. The largest absolute Gasteiger partial charge is 0.463 e. The Kier molecular flexibility index (Phi) is 10.2. The molecule has 1 heterocycles. The molecule has 0 amide bonds. The summed E-state index contributed by atoms with van der Waals surface area (Å²) in [4.78, 5) is 34.2. The predicted octanol–water partition coefficient (Wildman–Crippen LogP) is -0.234. The number of hydrogen-bond acceptors (Lipinski definition) is 10. The highest BCUT2D eigenvalue weighted by molar-refractivity contribution is 5.67. The summed E-state index contributed by atoms with van der Waals surface area (Å²) in [7, 11) is 0. The third-order valence-corrected chi connectivity index (χ3v) is 3.77. The third kappa shape index (κ3) is 8.21. The summed E-state index contributed by atoms with van der Waals surface area (Å²) < 4.78 is 32.4. The SMILES string of the molecule is CC(=O)OCC1OC(OCCOCCN)C(C)C(OC(C)=O)C1OC(C)=O. The molecule has 5 unspecified atom stereocenters. The van der Waals surface area contributed by atoms with Crippen molar-refractivity contribution in [2.24, 2.45) is 11.7 Å². The van der Waals surface area contributed by atoms with Crippen molar-refractivity contribution in [3.63, 3.8) is 0 Å². The van der Waals surface area contributed by atoms with Crippen molar-refractivity contribution in [3.05, 3.63) is 0 Å².